The molecule has 0 bridgehead atoms. The molecular weight excluding hydrogens is 180 g/mol. The minimum absolute atomic E-state index is 0.194. The molecule has 1 aliphatic rings. The second-order valence-corrected chi connectivity index (χ2v) is 2.48. The van der Waals surface area contributed by atoms with Gasteiger partial charge in [-0.1, -0.05) is 28.1 Å². The first kappa shape index (κ1) is 6.75. The van der Waals surface area contributed by atoms with Gasteiger partial charge in [0.15, 0.2) is 5.78 Å². The van der Waals surface area contributed by atoms with Gasteiger partial charge in [0.05, 0.1) is 0 Å². The van der Waals surface area contributed by atoms with Crippen molar-refractivity contribution in [2.75, 3.05) is 5.33 Å². The molecule has 0 N–H and O–H groups in total. The van der Waals surface area contributed by atoms with E-state index in [0.29, 0.717) is 6.42 Å². The summed E-state index contributed by atoms with van der Waals surface area (Å²) >= 11 is 3.30. The van der Waals surface area contributed by atoms with Crippen molar-refractivity contribution in [1.82, 2.24) is 0 Å². The number of carbonyl (C=O) groups excluding carboxylic acids is 1. The average Bonchev–Trinajstić information content (AvgIpc) is 1.90. The summed E-state index contributed by atoms with van der Waals surface area (Å²) in [6.07, 6.45) is 5.98. The topological polar surface area (TPSA) is 17.1 Å². The van der Waals surface area contributed by atoms with Crippen LogP contribution >= 0.6 is 15.9 Å². The normalized spacial score (nSPS) is 17.9. The zero-order valence-corrected chi connectivity index (χ0v) is 6.52. The highest BCUT2D eigenvalue weighted by molar-refractivity contribution is 9.09. The standard InChI is InChI=1S/C7H7BrO/c8-5-6-1-3-7(9)4-2-6/h1-3H,4-5H2. The van der Waals surface area contributed by atoms with Crippen LogP contribution in [-0.4, -0.2) is 11.1 Å². The molecule has 1 aliphatic carbocycles. The van der Waals surface area contributed by atoms with Crippen LogP contribution in [0.3, 0.4) is 0 Å². The van der Waals surface area contributed by atoms with E-state index in [-0.39, 0.29) is 5.78 Å². The Labute approximate surface area is 62.6 Å². The number of ketones is 1. The van der Waals surface area contributed by atoms with Crippen molar-refractivity contribution >= 4 is 21.7 Å². The van der Waals surface area contributed by atoms with Crippen LogP contribution < -0.4 is 0 Å². The van der Waals surface area contributed by atoms with Gasteiger partial charge in [-0.2, -0.15) is 0 Å². The molecule has 0 saturated heterocycles. The van der Waals surface area contributed by atoms with Gasteiger partial charge in [-0.15, -0.1) is 0 Å². The minimum atomic E-state index is 0.194. The van der Waals surface area contributed by atoms with Crippen molar-refractivity contribution in [3.05, 3.63) is 23.8 Å². The number of hydrogen-bond donors (Lipinski definition) is 0. The molecule has 0 aromatic rings. The van der Waals surface area contributed by atoms with Gasteiger partial charge in [0.2, 0.25) is 0 Å². The molecule has 48 valence electrons. The average molecular weight is 187 g/mol. The van der Waals surface area contributed by atoms with Crippen molar-refractivity contribution in [1.29, 1.82) is 0 Å². The molecular formula is C7H7BrO. The molecule has 2 heteroatoms. The molecule has 0 spiro atoms. The number of halogens is 1. The lowest BCUT2D eigenvalue weighted by Crippen LogP contribution is -1.96. The van der Waals surface area contributed by atoms with Crippen LogP contribution in [0.1, 0.15) is 6.42 Å². The Morgan fingerprint density at radius 1 is 1.56 bits per heavy atom. The van der Waals surface area contributed by atoms with E-state index in [1.165, 1.54) is 5.57 Å². The molecule has 0 amide bonds. The van der Waals surface area contributed by atoms with Crippen molar-refractivity contribution in [2.24, 2.45) is 0 Å². The fourth-order valence-electron chi connectivity index (χ4n) is 0.667. The molecule has 0 heterocycles. The van der Waals surface area contributed by atoms with Crippen molar-refractivity contribution in [2.45, 2.75) is 6.42 Å². The van der Waals surface area contributed by atoms with Crippen LogP contribution in [0, 0.1) is 0 Å². The summed E-state index contributed by atoms with van der Waals surface area (Å²) < 4.78 is 0. The van der Waals surface area contributed by atoms with Crippen molar-refractivity contribution in [3.8, 4) is 0 Å². The quantitative estimate of drug-likeness (QED) is 0.572. The molecule has 0 aromatic heterocycles. The zero-order chi connectivity index (χ0) is 6.69. The van der Waals surface area contributed by atoms with Crippen LogP contribution in [0.4, 0.5) is 0 Å². The van der Waals surface area contributed by atoms with Crippen LogP contribution in [0.15, 0.2) is 23.8 Å². The van der Waals surface area contributed by atoms with Crippen molar-refractivity contribution < 1.29 is 4.79 Å². The second-order valence-electron chi connectivity index (χ2n) is 1.92. The summed E-state index contributed by atoms with van der Waals surface area (Å²) in [5.41, 5.74) is 1.19. The predicted octanol–water partition coefficient (Wildman–Crippen LogP) is 1.84. The van der Waals surface area contributed by atoms with Gasteiger partial charge in [0.25, 0.3) is 0 Å². The summed E-state index contributed by atoms with van der Waals surface area (Å²) in [4.78, 5) is 10.6. The Morgan fingerprint density at radius 3 is 2.78 bits per heavy atom. The number of hydrogen-bond acceptors (Lipinski definition) is 1. The van der Waals surface area contributed by atoms with E-state index < -0.39 is 0 Å². The lowest BCUT2D eigenvalue weighted by molar-refractivity contribution is -0.113. The smallest absolute Gasteiger partial charge is 0.159 e. The Morgan fingerprint density at radius 2 is 2.33 bits per heavy atom. The first-order valence-corrected chi connectivity index (χ1v) is 3.91. The molecule has 0 fully saturated rings. The van der Waals surface area contributed by atoms with Gasteiger partial charge in [-0.25, -0.2) is 0 Å². The van der Waals surface area contributed by atoms with E-state index >= 15 is 0 Å². The first-order valence-electron chi connectivity index (χ1n) is 2.79. The summed E-state index contributed by atoms with van der Waals surface area (Å²) in [5, 5.41) is 0.844. The third kappa shape index (κ3) is 1.79. The molecule has 0 aliphatic heterocycles. The fourth-order valence-corrected chi connectivity index (χ4v) is 1.08. The SMILES string of the molecule is O=C1C=CC(CBr)=CC1. The number of carbonyl (C=O) groups is 1. The van der Waals surface area contributed by atoms with Gasteiger partial charge in [-0.05, 0) is 11.6 Å². The second kappa shape index (κ2) is 2.97. The highest BCUT2D eigenvalue weighted by Gasteiger charge is 2.00. The highest BCUT2D eigenvalue weighted by Crippen LogP contribution is 2.08. The summed E-state index contributed by atoms with van der Waals surface area (Å²) in [6, 6.07) is 0. The molecule has 0 saturated carbocycles. The third-order valence-corrected chi connectivity index (χ3v) is 1.85. The minimum Gasteiger partial charge on any atom is -0.295 e. The monoisotopic (exact) mass is 186 g/mol. The maximum absolute atomic E-state index is 10.6. The molecule has 9 heavy (non-hydrogen) atoms. The summed E-state index contributed by atoms with van der Waals surface area (Å²) in [5.74, 6) is 0.194. The molecule has 0 radical (unpaired) electrons. The highest BCUT2D eigenvalue weighted by atomic mass is 79.9. The van der Waals surface area contributed by atoms with Gasteiger partial charge in [-0.3, -0.25) is 4.79 Å². The molecule has 0 aromatic carbocycles. The van der Waals surface area contributed by atoms with E-state index in [1.807, 2.05) is 12.2 Å². The van der Waals surface area contributed by atoms with Crippen LogP contribution in [0.5, 0.6) is 0 Å². The number of rotatable bonds is 1. The first-order chi connectivity index (χ1) is 4.33. The van der Waals surface area contributed by atoms with Gasteiger partial charge >= 0.3 is 0 Å². The summed E-state index contributed by atoms with van der Waals surface area (Å²) in [7, 11) is 0. The van der Waals surface area contributed by atoms with Gasteiger partial charge in [0.1, 0.15) is 0 Å². The Kier molecular flexibility index (Phi) is 2.22. The van der Waals surface area contributed by atoms with E-state index in [1.54, 1.807) is 6.08 Å². The maximum Gasteiger partial charge on any atom is 0.159 e. The Bertz CT molecular complexity index is 179. The summed E-state index contributed by atoms with van der Waals surface area (Å²) in [6.45, 7) is 0. The van der Waals surface area contributed by atoms with Crippen molar-refractivity contribution in [3.63, 3.8) is 0 Å². The Balaban J connectivity index is 2.63. The predicted molar refractivity (Wildman–Crippen MR) is 40.6 cm³/mol. The third-order valence-electron chi connectivity index (χ3n) is 1.20. The van der Waals surface area contributed by atoms with E-state index in [9.17, 15) is 4.79 Å². The lowest BCUT2D eigenvalue weighted by Gasteiger charge is -1.99. The number of allylic oxidation sites excluding steroid dienone is 4. The van der Waals surface area contributed by atoms with Gasteiger partial charge in [0, 0.05) is 11.8 Å². The zero-order valence-electron chi connectivity index (χ0n) is 4.93. The Hall–Kier alpha value is -0.370. The maximum atomic E-state index is 10.6. The number of alkyl halides is 1. The molecule has 1 nitrogen and oxygen atoms in total. The lowest BCUT2D eigenvalue weighted by atomic mass is 10.1. The fraction of sp³-hybridized carbons (Fsp3) is 0.286. The molecule has 1 rings (SSSR count). The van der Waals surface area contributed by atoms with Crippen LogP contribution in [0.2, 0.25) is 0 Å². The van der Waals surface area contributed by atoms with E-state index in [0.717, 1.165) is 5.33 Å². The van der Waals surface area contributed by atoms with Crippen LogP contribution in [-0.2, 0) is 4.79 Å². The molecule has 0 unspecified atom stereocenters. The van der Waals surface area contributed by atoms with Crippen LogP contribution in [0.25, 0.3) is 0 Å². The van der Waals surface area contributed by atoms with Gasteiger partial charge < -0.3 is 0 Å². The largest absolute Gasteiger partial charge is 0.295 e. The van der Waals surface area contributed by atoms with E-state index in [4.69, 9.17) is 0 Å². The van der Waals surface area contributed by atoms with E-state index in [2.05, 4.69) is 15.9 Å². The molecule has 0 atom stereocenters.